The van der Waals surface area contributed by atoms with Crippen molar-refractivity contribution in [1.29, 1.82) is 0 Å². The van der Waals surface area contributed by atoms with E-state index < -0.39 is 10.0 Å². The highest BCUT2D eigenvalue weighted by molar-refractivity contribution is 7.99. The van der Waals surface area contributed by atoms with Crippen LogP contribution in [-0.4, -0.2) is 44.2 Å². The van der Waals surface area contributed by atoms with Gasteiger partial charge in [-0.2, -0.15) is 0 Å². The number of halogens is 1. The minimum absolute atomic E-state index is 0.166. The van der Waals surface area contributed by atoms with Crippen LogP contribution in [0, 0.1) is 5.82 Å². The molecule has 0 fully saturated rings. The molecule has 0 aliphatic rings. The van der Waals surface area contributed by atoms with Crippen LogP contribution in [0.1, 0.15) is 0 Å². The Morgan fingerprint density at radius 2 is 1.92 bits per heavy atom. The molecule has 0 atom stereocenters. The number of oxazole rings is 1. The summed E-state index contributed by atoms with van der Waals surface area (Å²) in [6.45, 7) is 0.398. The lowest BCUT2D eigenvalue weighted by Gasteiger charge is -2.10. The van der Waals surface area contributed by atoms with Gasteiger partial charge in [-0.25, -0.2) is 22.1 Å². The van der Waals surface area contributed by atoms with Crippen LogP contribution in [-0.2, 0) is 10.0 Å². The van der Waals surface area contributed by atoms with Gasteiger partial charge in [0.05, 0.1) is 11.5 Å². The van der Waals surface area contributed by atoms with Crippen molar-refractivity contribution < 1.29 is 22.0 Å². The fraction of sp³-hybridized carbons (Fsp3) is 0.235. The van der Waals surface area contributed by atoms with Gasteiger partial charge < -0.3 is 9.15 Å². The van der Waals surface area contributed by atoms with E-state index in [1.54, 1.807) is 18.2 Å². The normalized spacial score (nSPS) is 12.0. The first-order chi connectivity index (χ1) is 12.4. The van der Waals surface area contributed by atoms with E-state index in [0.717, 1.165) is 4.31 Å². The first-order valence-electron chi connectivity index (χ1n) is 7.70. The zero-order valence-corrected chi connectivity index (χ0v) is 15.8. The van der Waals surface area contributed by atoms with Crippen LogP contribution >= 0.6 is 11.8 Å². The van der Waals surface area contributed by atoms with Crippen molar-refractivity contribution in [3.8, 4) is 5.75 Å². The SMILES string of the molecule is CN(C)S(=O)(=O)c1ccc2oc(SCCOc3ccc(F)cc3)nc2c1. The van der Waals surface area contributed by atoms with E-state index in [1.807, 2.05) is 0 Å². The molecule has 3 rings (SSSR count). The summed E-state index contributed by atoms with van der Waals surface area (Å²) in [5.41, 5.74) is 1.000. The summed E-state index contributed by atoms with van der Waals surface area (Å²) in [5, 5.41) is 0.433. The Kier molecular flexibility index (Phi) is 5.49. The molecule has 6 nitrogen and oxygen atoms in total. The number of fused-ring (bicyclic) bond motifs is 1. The molecule has 0 N–H and O–H groups in total. The lowest BCUT2D eigenvalue weighted by atomic mass is 10.3. The van der Waals surface area contributed by atoms with Gasteiger partial charge in [-0.15, -0.1) is 0 Å². The van der Waals surface area contributed by atoms with E-state index in [1.165, 1.54) is 50.1 Å². The zero-order valence-electron chi connectivity index (χ0n) is 14.2. The van der Waals surface area contributed by atoms with Crippen molar-refractivity contribution in [2.75, 3.05) is 26.5 Å². The summed E-state index contributed by atoms with van der Waals surface area (Å²) in [6.07, 6.45) is 0. The Labute approximate surface area is 155 Å². The Morgan fingerprint density at radius 3 is 2.62 bits per heavy atom. The molecule has 9 heteroatoms. The largest absolute Gasteiger partial charge is 0.493 e. The fourth-order valence-electron chi connectivity index (χ4n) is 2.14. The molecule has 0 unspecified atom stereocenters. The molecular weight excluding hydrogens is 379 g/mol. The third-order valence-corrected chi connectivity index (χ3v) is 6.11. The van der Waals surface area contributed by atoms with Crippen molar-refractivity contribution in [2.45, 2.75) is 10.1 Å². The number of aromatic nitrogens is 1. The summed E-state index contributed by atoms with van der Waals surface area (Å²) in [7, 11) is -0.562. The van der Waals surface area contributed by atoms with Gasteiger partial charge in [0, 0.05) is 19.8 Å². The summed E-state index contributed by atoms with van der Waals surface area (Å²) in [6, 6.07) is 10.4. The molecule has 1 heterocycles. The highest BCUT2D eigenvalue weighted by Crippen LogP contribution is 2.26. The van der Waals surface area contributed by atoms with Crippen molar-refractivity contribution in [3.63, 3.8) is 0 Å². The first kappa shape index (κ1) is 18.7. The van der Waals surface area contributed by atoms with Gasteiger partial charge in [0.1, 0.15) is 17.1 Å². The predicted octanol–water partition coefficient (Wildman–Crippen LogP) is 3.39. The maximum absolute atomic E-state index is 12.8. The molecule has 26 heavy (non-hydrogen) atoms. The Hall–Kier alpha value is -2.10. The van der Waals surface area contributed by atoms with Crippen LogP contribution in [0.2, 0.25) is 0 Å². The fourth-order valence-corrected chi connectivity index (χ4v) is 3.71. The number of nitrogens with zero attached hydrogens (tertiary/aromatic N) is 2. The number of sulfonamides is 1. The van der Waals surface area contributed by atoms with Gasteiger partial charge in [0.25, 0.3) is 5.22 Å². The molecular formula is C17H17FN2O4S2. The van der Waals surface area contributed by atoms with Crippen LogP contribution < -0.4 is 4.74 Å². The summed E-state index contributed by atoms with van der Waals surface area (Å²) >= 11 is 1.35. The third-order valence-electron chi connectivity index (χ3n) is 3.51. The lowest BCUT2D eigenvalue weighted by Crippen LogP contribution is -2.22. The van der Waals surface area contributed by atoms with E-state index in [0.29, 0.717) is 34.4 Å². The number of ether oxygens (including phenoxy) is 1. The Balaban J connectivity index is 1.63. The van der Waals surface area contributed by atoms with E-state index in [9.17, 15) is 12.8 Å². The van der Waals surface area contributed by atoms with E-state index in [-0.39, 0.29) is 10.7 Å². The van der Waals surface area contributed by atoms with Gasteiger partial charge in [-0.1, -0.05) is 11.8 Å². The molecule has 2 aromatic carbocycles. The number of hydrogen-bond donors (Lipinski definition) is 0. The third kappa shape index (κ3) is 4.17. The van der Waals surface area contributed by atoms with Gasteiger partial charge in [0.15, 0.2) is 5.58 Å². The second-order valence-electron chi connectivity index (χ2n) is 5.55. The van der Waals surface area contributed by atoms with Crippen LogP contribution in [0.25, 0.3) is 11.1 Å². The molecule has 3 aromatic rings. The van der Waals surface area contributed by atoms with Crippen molar-refractivity contribution in [1.82, 2.24) is 9.29 Å². The molecule has 0 aliphatic carbocycles. The van der Waals surface area contributed by atoms with E-state index >= 15 is 0 Å². The number of hydrogen-bond acceptors (Lipinski definition) is 6. The summed E-state index contributed by atoms with van der Waals surface area (Å²) < 4.78 is 49.4. The number of thioether (sulfide) groups is 1. The van der Waals surface area contributed by atoms with Crippen molar-refractivity contribution in [3.05, 3.63) is 48.3 Å². The molecule has 0 radical (unpaired) electrons. The summed E-state index contributed by atoms with van der Waals surface area (Å²) in [5.74, 6) is 0.851. The Morgan fingerprint density at radius 1 is 1.19 bits per heavy atom. The van der Waals surface area contributed by atoms with Crippen molar-refractivity contribution in [2.24, 2.45) is 0 Å². The smallest absolute Gasteiger partial charge is 0.256 e. The topological polar surface area (TPSA) is 72.6 Å². The minimum atomic E-state index is -3.52. The molecule has 138 valence electrons. The zero-order chi connectivity index (χ0) is 18.7. The minimum Gasteiger partial charge on any atom is -0.493 e. The maximum atomic E-state index is 12.8. The molecule has 0 amide bonds. The quantitative estimate of drug-likeness (QED) is 0.450. The van der Waals surface area contributed by atoms with E-state index in [2.05, 4.69) is 4.98 Å². The molecule has 0 saturated carbocycles. The van der Waals surface area contributed by atoms with E-state index in [4.69, 9.17) is 9.15 Å². The molecule has 0 aliphatic heterocycles. The van der Waals surface area contributed by atoms with Gasteiger partial charge >= 0.3 is 0 Å². The average molecular weight is 396 g/mol. The van der Waals surface area contributed by atoms with Crippen LogP contribution in [0.3, 0.4) is 0 Å². The van der Waals surface area contributed by atoms with Gasteiger partial charge in [-0.05, 0) is 42.5 Å². The first-order valence-corrected chi connectivity index (χ1v) is 10.1. The number of rotatable bonds is 7. The highest BCUT2D eigenvalue weighted by Gasteiger charge is 2.19. The average Bonchev–Trinajstić information content (AvgIpc) is 3.02. The second kappa shape index (κ2) is 7.65. The van der Waals surface area contributed by atoms with Gasteiger partial charge in [0.2, 0.25) is 10.0 Å². The molecule has 0 saturated heterocycles. The molecule has 0 spiro atoms. The Bertz CT molecular complexity index is 1000. The van der Waals surface area contributed by atoms with Crippen LogP contribution in [0.4, 0.5) is 4.39 Å². The van der Waals surface area contributed by atoms with Gasteiger partial charge in [-0.3, -0.25) is 0 Å². The monoisotopic (exact) mass is 396 g/mol. The maximum Gasteiger partial charge on any atom is 0.256 e. The van der Waals surface area contributed by atoms with Crippen molar-refractivity contribution >= 4 is 32.9 Å². The number of benzene rings is 2. The molecule has 1 aromatic heterocycles. The lowest BCUT2D eigenvalue weighted by molar-refractivity contribution is 0.342. The second-order valence-corrected chi connectivity index (χ2v) is 8.75. The van der Waals surface area contributed by atoms with Crippen LogP contribution in [0.5, 0.6) is 5.75 Å². The standard InChI is InChI=1S/C17H17FN2O4S2/c1-20(2)26(21,22)14-7-8-16-15(11-14)19-17(24-16)25-10-9-23-13-5-3-12(18)4-6-13/h3-8,11H,9-10H2,1-2H3. The summed E-state index contributed by atoms with van der Waals surface area (Å²) in [4.78, 5) is 4.48. The predicted molar refractivity (Wildman–Crippen MR) is 97.5 cm³/mol. The van der Waals surface area contributed by atoms with Crippen LogP contribution in [0.15, 0.2) is 57.0 Å². The highest BCUT2D eigenvalue weighted by atomic mass is 32.2. The molecule has 0 bridgehead atoms.